The van der Waals surface area contributed by atoms with Crippen LogP contribution in [-0.2, 0) is 4.79 Å². The number of guanidine groups is 1. The summed E-state index contributed by atoms with van der Waals surface area (Å²) < 4.78 is 0. The molecule has 4 nitrogen and oxygen atoms in total. The summed E-state index contributed by atoms with van der Waals surface area (Å²) in [6, 6.07) is 0. The van der Waals surface area contributed by atoms with Gasteiger partial charge in [-0.2, -0.15) is 0 Å². The van der Waals surface area contributed by atoms with Crippen molar-refractivity contribution in [3.8, 4) is 0 Å². The molecule has 0 aliphatic rings. The zero-order valence-corrected chi connectivity index (χ0v) is 6.32. The van der Waals surface area contributed by atoms with E-state index < -0.39 is 0 Å². The number of hydrogen-bond donors (Lipinski definition) is 3. The van der Waals surface area contributed by atoms with Gasteiger partial charge in [-0.1, -0.05) is 0 Å². The molecule has 4 heteroatoms. The van der Waals surface area contributed by atoms with E-state index in [1.807, 2.05) is 0 Å². The molecule has 0 aromatic rings. The third-order valence-electron chi connectivity index (χ3n) is 1.03. The zero-order chi connectivity index (χ0) is 7.98. The summed E-state index contributed by atoms with van der Waals surface area (Å²) in [5, 5.41) is 12.4. The summed E-state index contributed by atoms with van der Waals surface area (Å²) in [6.45, 7) is 2.07. The molecule has 0 atom stereocenters. The predicted molar refractivity (Wildman–Crippen MR) is 40.1 cm³/mol. The van der Waals surface area contributed by atoms with Crippen LogP contribution in [0.5, 0.6) is 0 Å². The van der Waals surface area contributed by atoms with Crippen molar-refractivity contribution in [3.63, 3.8) is 0 Å². The Balaban J connectivity index is 3.20. The highest BCUT2D eigenvalue weighted by atomic mass is 16.1. The molecule has 0 unspecified atom stereocenters. The van der Waals surface area contributed by atoms with E-state index in [-0.39, 0.29) is 11.7 Å². The van der Waals surface area contributed by atoms with Gasteiger partial charge in [-0.3, -0.25) is 10.2 Å². The van der Waals surface area contributed by atoms with Gasteiger partial charge in [0.1, 0.15) is 5.78 Å². The van der Waals surface area contributed by atoms with Crippen molar-refractivity contribution in [2.24, 2.45) is 0 Å². The minimum absolute atomic E-state index is 0.136. The first-order chi connectivity index (χ1) is 4.66. The molecule has 3 N–H and O–H groups in total. The van der Waals surface area contributed by atoms with Gasteiger partial charge in [0.15, 0.2) is 5.96 Å². The monoisotopic (exact) mass is 143 g/mol. The van der Waals surface area contributed by atoms with Gasteiger partial charge in [0.2, 0.25) is 0 Å². The van der Waals surface area contributed by atoms with Gasteiger partial charge in [-0.15, -0.1) is 0 Å². The van der Waals surface area contributed by atoms with Crippen LogP contribution >= 0.6 is 0 Å². The van der Waals surface area contributed by atoms with E-state index in [1.54, 1.807) is 7.05 Å². The Morgan fingerprint density at radius 1 is 1.60 bits per heavy atom. The normalized spacial score (nSPS) is 8.60. The van der Waals surface area contributed by atoms with Crippen molar-refractivity contribution < 1.29 is 4.79 Å². The Hall–Kier alpha value is -1.06. The lowest BCUT2D eigenvalue weighted by atomic mass is 10.3. The van der Waals surface area contributed by atoms with E-state index in [0.717, 1.165) is 0 Å². The Kier molecular flexibility index (Phi) is 4.28. The highest BCUT2D eigenvalue weighted by Gasteiger charge is 1.92. The van der Waals surface area contributed by atoms with Crippen molar-refractivity contribution in [2.75, 3.05) is 13.6 Å². The summed E-state index contributed by atoms with van der Waals surface area (Å²) in [5.41, 5.74) is 0. The molecule has 0 saturated carbocycles. The maximum absolute atomic E-state index is 10.4. The molecular weight excluding hydrogens is 130 g/mol. The van der Waals surface area contributed by atoms with E-state index in [4.69, 9.17) is 5.41 Å². The number of nitrogens with one attached hydrogen (secondary N) is 3. The molecule has 0 aliphatic heterocycles. The second-order valence-corrected chi connectivity index (χ2v) is 2.00. The lowest BCUT2D eigenvalue weighted by Gasteiger charge is -2.03. The molecule has 10 heavy (non-hydrogen) atoms. The van der Waals surface area contributed by atoms with Crippen molar-refractivity contribution in [2.45, 2.75) is 13.3 Å². The van der Waals surface area contributed by atoms with Crippen LogP contribution in [0, 0.1) is 5.41 Å². The van der Waals surface area contributed by atoms with Gasteiger partial charge >= 0.3 is 0 Å². The molecule has 0 rings (SSSR count). The van der Waals surface area contributed by atoms with Gasteiger partial charge in [-0.05, 0) is 6.92 Å². The number of carbonyl (C=O) groups is 1. The molecule has 0 aromatic heterocycles. The van der Waals surface area contributed by atoms with E-state index in [0.29, 0.717) is 13.0 Å². The Morgan fingerprint density at radius 3 is 2.60 bits per heavy atom. The van der Waals surface area contributed by atoms with Crippen LogP contribution in [0.3, 0.4) is 0 Å². The third-order valence-corrected chi connectivity index (χ3v) is 1.03. The predicted octanol–water partition coefficient (Wildman–Crippen LogP) is -0.291. The van der Waals surface area contributed by atoms with Gasteiger partial charge in [0.05, 0.1) is 0 Å². The topological polar surface area (TPSA) is 65.0 Å². The number of rotatable bonds is 3. The van der Waals surface area contributed by atoms with Crippen molar-refractivity contribution in [1.82, 2.24) is 10.6 Å². The maximum atomic E-state index is 10.4. The van der Waals surface area contributed by atoms with Crippen molar-refractivity contribution in [3.05, 3.63) is 0 Å². The van der Waals surface area contributed by atoms with Crippen LogP contribution in [0.1, 0.15) is 13.3 Å². The van der Waals surface area contributed by atoms with Crippen molar-refractivity contribution in [1.29, 1.82) is 5.41 Å². The van der Waals surface area contributed by atoms with E-state index in [9.17, 15) is 4.79 Å². The highest BCUT2D eigenvalue weighted by Crippen LogP contribution is 1.76. The van der Waals surface area contributed by atoms with E-state index in [2.05, 4.69) is 10.6 Å². The molecule has 0 fully saturated rings. The summed E-state index contributed by atoms with van der Waals surface area (Å²) in [4.78, 5) is 10.4. The fraction of sp³-hybridized carbons (Fsp3) is 0.667. The second-order valence-electron chi connectivity index (χ2n) is 2.00. The molecule has 0 heterocycles. The Morgan fingerprint density at radius 2 is 2.20 bits per heavy atom. The van der Waals surface area contributed by atoms with Gasteiger partial charge < -0.3 is 10.6 Å². The summed E-state index contributed by atoms with van der Waals surface area (Å²) in [7, 11) is 1.66. The molecule has 0 aliphatic carbocycles. The average molecular weight is 143 g/mol. The molecular formula is C6H13N3O. The number of carbonyl (C=O) groups excluding carboxylic acids is 1. The fourth-order valence-corrected chi connectivity index (χ4v) is 0.452. The Labute approximate surface area is 60.5 Å². The zero-order valence-electron chi connectivity index (χ0n) is 6.32. The molecule has 0 aromatic carbocycles. The number of hydrogen-bond acceptors (Lipinski definition) is 2. The smallest absolute Gasteiger partial charge is 0.188 e. The number of ketones is 1. The Bertz CT molecular complexity index is 133. The molecule has 0 spiro atoms. The third kappa shape index (κ3) is 5.08. The lowest BCUT2D eigenvalue weighted by Crippen LogP contribution is -2.34. The van der Waals surface area contributed by atoms with Crippen LogP contribution in [0.15, 0.2) is 0 Å². The van der Waals surface area contributed by atoms with Gasteiger partial charge in [-0.25, -0.2) is 0 Å². The minimum atomic E-state index is 0.136. The first-order valence-corrected chi connectivity index (χ1v) is 3.16. The van der Waals surface area contributed by atoms with Gasteiger partial charge in [0.25, 0.3) is 0 Å². The minimum Gasteiger partial charge on any atom is -0.360 e. The molecule has 0 saturated heterocycles. The maximum Gasteiger partial charge on any atom is 0.188 e. The fourth-order valence-electron chi connectivity index (χ4n) is 0.452. The highest BCUT2D eigenvalue weighted by molar-refractivity contribution is 5.78. The standard InChI is InChI=1S/C6H13N3O/c1-5(10)3-4-9-6(7)8-2/h3-4H2,1-2H3,(H3,7,8,9). The van der Waals surface area contributed by atoms with Crippen molar-refractivity contribution >= 4 is 11.7 Å². The quantitative estimate of drug-likeness (QED) is 0.375. The number of Topliss-reactive ketones (excluding diaryl/α,β-unsaturated/α-hetero) is 1. The van der Waals surface area contributed by atoms with Gasteiger partial charge in [0, 0.05) is 20.0 Å². The van der Waals surface area contributed by atoms with E-state index >= 15 is 0 Å². The molecule has 0 bridgehead atoms. The molecule has 0 radical (unpaired) electrons. The van der Waals surface area contributed by atoms with Crippen LogP contribution in [0.25, 0.3) is 0 Å². The SMILES string of the molecule is CNC(=N)NCCC(C)=O. The summed E-state index contributed by atoms with van der Waals surface area (Å²) >= 11 is 0. The van der Waals surface area contributed by atoms with Crippen LogP contribution in [0.2, 0.25) is 0 Å². The largest absolute Gasteiger partial charge is 0.360 e. The van der Waals surface area contributed by atoms with Crippen LogP contribution in [-0.4, -0.2) is 25.3 Å². The second kappa shape index (κ2) is 4.78. The summed E-state index contributed by atoms with van der Waals surface area (Å²) in [5.74, 6) is 0.387. The van der Waals surface area contributed by atoms with E-state index in [1.165, 1.54) is 6.92 Å². The molecule has 0 amide bonds. The average Bonchev–Trinajstić information content (AvgIpc) is 1.87. The first kappa shape index (κ1) is 8.94. The first-order valence-electron chi connectivity index (χ1n) is 3.16. The molecule has 58 valence electrons. The summed E-state index contributed by atoms with van der Waals surface area (Å²) in [6.07, 6.45) is 0.476. The van der Waals surface area contributed by atoms with Crippen LogP contribution < -0.4 is 10.6 Å². The lowest BCUT2D eigenvalue weighted by molar-refractivity contribution is -0.116. The van der Waals surface area contributed by atoms with Crippen LogP contribution in [0.4, 0.5) is 0 Å².